The summed E-state index contributed by atoms with van der Waals surface area (Å²) in [5.41, 5.74) is 0.898. The Bertz CT molecular complexity index is 451. The number of carboxylic acids is 1. The molecule has 0 fully saturated rings. The minimum Gasteiger partial charge on any atom is -0.481 e. The van der Waals surface area contributed by atoms with Gasteiger partial charge in [-0.25, -0.2) is 4.79 Å². The monoisotopic (exact) mass is 284 g/mol. The highest BCUT2D eigenvalue weighted by Gasteiger charge is 2.12. The van der Waals surface area contributed by atoms with E-state index in [1.807, 2.05) is 12.1 Å². The van der Waals surface area contributed by atoms with Crippen molar-refractivity contribution in [2.75, 3.05) is 13.1 Å². The van der Waals surface area contributed by atoms with Crippen LogP contribution in [0.25, 0.3) is 0 Å². The van der Waals surface area contributed by atoms with Crippen molar-refractivity contribution >= 4 is 23.6 Å². The third-order valence-corrected chi connectivity index (χ3v) is 2.83. The number of benzene rings is 1. The highest BCUT2D eigenvalue weighted by molar-refractivity contribution is 6.30. The first-order valence-electron chi connectivity index (χ1n) is 6.02. The average Bonchev–Trinajstić information content (AvgIpc) is 2.37. The van der Waals surface area contributed by atoms with E-state index in [9.17, 15) is 9.59 Å². The number of hydrogen-bond donors (Lipinski definition) is 2. The minimum absolute atomic E-state index is 0.0571. The zero-order valence-electron chi connectivity index (χ0n) is 10.7. The van der Waals surface area contributed by atoms with Crippen molar-refractivity contribution in [2.45, 2.75) is 19.9 Å². The fourth-order valence-corrected chi connectivity index (χ4v) is 1.78. The number of aliphatic carboxylic acids is 1. The van der Waals surface area contributed by atoms with Gasteiger partial charge in [0.1, 0.15) is 0 Å². The second-order valence-electron chi connectivity index (χ2n) is 4.01. The van der Waals surface area contributed by atoms with Gasteiger partial charge in [0.15, 0.2) is 0 Å². The van der Waals surface area contributed by atoms with Gasteiger partial charge in [-0.2, -0.15) is 0 Å². The van der Waals surface area contributed by atoms with E-state index in [1.54, 1.807) is 19.1 Å². The molecule has 0 unspecified atom stereocenters. The number of halogens is 1. The molecule has 0 aromatic heterocycles. The molecule has 19 heavy (non-hydrogen) atoms. The first kappa shape index (κ1) is 15.3. The van der Waals surface area contributed by atoms with Crippen LogP contribution in [0.15, 0.2) is 24.3 Å². The Hall–Kier alpha value is -1.75. The Morgan fingerprint density at radius 1 is 1.42 bits per heavy atom. The summed E-state index contributed by atoms with van der Waals surface area (Å²) in [6.07, 6.45) is -0.0571. The molecule has 1 aromatic rings. The highest BCUT2D eigenvalue weighted by atomic mass is 35.5. The van der Waals surface area contributed by atoms with E-state index in [-0.39, 0.29) is 19.0 Å². The molecule has 0 bridgehead atoms. The Kier molecular flexibility index (Phi) is 6.15. The SMILES string of the molecule is CCN(CCC(=O)O)C(=O)NCc1cccc(Cl)c1. The summed E-state index contributed by atoms with van der Waals surface area (Å²) >= 11 is 5.85. The van der Waals surface area contributed by atoms with Crippen molar-refractivity contribution in [3.63, 3.8) is 0 Å². The molecule has 0 heterocycles. The van der Waals surface area contributed by atoms with Crippen LogP contribution in [0.3, 0.4) is 0 Å². The molecule has 0 aliphatic carbocycles. The van der Waals surface area contributed by atoms with Crippen molar-refractivity contribution in [1.29, 1.82) is 0 Å². The maximum absolute atomic E-state index is 11.8. The molecule has 0 spiro atoms. The largest absolute Gasteiger partial charge is 0.481 e. The summed E-state index contributed by atoms with van der Waals surface area (Å²) in [4.78, 5) is 23.8. The van der Waals surface area contributed by atoms with Gasteiger partial charge in [-0.15, -0.1) is 0 Å². The van der Waals surface area contributed by atoms with Crippen LogP contribution < -0.4 is 5.32 Å². The normalized spacial score (nSPS) is 10.0. The second kappa shape index (κ2) is 7.63. The zero-order valence-corrected chi connectivity index (χ0v) is 11.5. The van der Waals surface area contributed by atoms with Gasteiger partial charge in [0, 0.05) is 24.7 Å². The van der Waals surface area contributed by atoms with Gasteiger partial charge in [0.2, 0.25) is 0 Å². The number of rotatable bonds is 6. The van der Waals surface area contributed by atoms with Crippen LogP contribution >= 0.6 is 11.6 Å². The summed E-state index contributed by atoms with van der Waals surface area (Å²) in [5.74, 6) is -0.916. The van der Waals surface area contributed by atoms with Gasteiger partial charge in [-0.05, 0) is 24.6 Å². The zero-order chi connectivity index (χ0) is 14.3. The summed E-state index contributed by atoms with van der Waals surface area (Å²) in [7, 11) is 0. The Morgan fingerprint density at radius 3 is 2.74 bits per heavy atom. The van der Waals surface area contributed by atoms with Crippen LogP contribution in [0.1, 0.15) is 18.9 Å². The standard InChI is InChI=1S/C13H17ClN2O3/c1-2-16(7-6-12(17)18)13(19)15-9-10-4-3-5-11(14)8-10/h3-5,8H,2,6-7,9H2,1H3,(H,15,19)(H,17,18). The summed E-state index contributed by atoms with van der Waals surface area (Å²) in [5, 5.41) is 12.0. The lowest BCUT2D eigenvalue weighted by molar-refractivity contribution is -0.137. The van der Waals surface area contributed by atoms with Crippen molar-refractivity contribution in [2.24, 2.45) is 0 Å². The van der Waals surface area contributed by atoms with Gasteiger partial charge < -0.3 is 15.3 Å². The molecule has 0 saturated carbocycles. The summed E-state index contributed by atoms with van der Waals surface area (Å²) in [6.45, 7) is 2.84. The fraction of sp³-hybridized carbons (Fsp3) is 0.385. The maximum atomic E-state index is 11.8. The first-order chi connectivity index (χ1) is 9.02. The van der Waals surface area contributed by atoms with E-state index in [1.165, 1.54) is 4.90 Å². The van der Waals surface area contributed by atoms with Gasteiger partial charge in [-0.3, -0.25) is 4.79 Å². The molecule has 0 saturated heterocycles. The van der Waals surface area contributed by atoms with Crippen LogP contribution in [0.4, 0.5) is 4.79 Å². The van der Waals surface area contributed by atoms with Gasteiger partial charge in [0.25, 0.3) is 0 Å². The number of amides is 2. The molecule has 1 rings (SSSR count). The van der Waals surface area contributed by atoms with E-state index in [2.05, 4.69) is 5.32 Å². The summed E-state index contributed by atoms with van der Waals surface area (Å²) in [6, 6.07) is 6.93. The second-order valence-corrected chi connectivity index (χ2v) is 4.45. The molecule has 104 valence electrons. The Labute approximate surface area is 117 Å². The van der Waals surface area contributed by atoms with E-state index >= 15 is 0 Å². The van der Waals surface area contributed by atoms with Crippen LogP contribution in [-0.2, 0) is 11.3 Å². The molecular weight excluding hydrogens is 268 g/mol. The third-order valence-electron chi connectivity index (χ3n) is 2.60. The smallest absolute Gasteiger partial charge is 0.317 e. The summed E-state index contributed by atoms with van der Waals surface area (Å²) < 4.78 is 0. The number of nitrogens with one attached hydrogen (secondary N) is 1. The molecule has 2 amide bonds. The van der Waals surface area contributed by atoms with E-state index in [0.717, 1.165) is 5.56 Å². The number of urea groups is 1. The molecule has 0 aliphatic heterocycles. The number of hydrogen-bond acceptors (Lipinski definition) is 2. The first-order valence-corrected chi connectivity index (χ1v) is 6.39. The van der Waals surface area contributed by atoms with Crippen molar-refractivity contribution in [3.05, 3.63) is 34.9 Å². The quantitative estimate of drug-likeness (QED) is 0.842. The van der Waals surface area contributed by atoms with Crippen LogP contribution in [0, 0.1) is 0 Å². The molecule has 2 N–H and O–H groups in total. The maximum Gasteiger partial charge on any atom is 0.317 e. The topological polar surface area (TPSA) is 69.6 Å². The van der Waals surface area contributed by atoms with Crippen LogP contribution in [0.5, 0.6) is 0 Å². The molecule has 6 heteroatoms. The van der Waals surface area contributed by atoms with E-state index in [0.29, 0.717) is 18.1 Å². The fourth-order valence-electron chi connectivity index (χ4n) is 1.57. The van der Waals surface area contributed by atoms with Crippen molar-refractivity contribution < 1.29 is 14.7 Å². The minimum atomic E-state index is -0.916. The Morgan fingerprint density at radius 2 is 2.16 bits per heavy atom. The number of carbonyl (C=O) groups excluding carboxylic acids is 1. The average molecular weight is 285 g/mol. The molecule has 1 aromatic carbocycles. The molecular formula is C13H17ClN2O3. The number of nitrogens with zero attached hydrogens (tertiary/aromatic N) is 1. The molecule has 0 aliphatic rings. The molecule has 5 nitrogen and oxygen atoms in total. The van der Waals surface area contributed by atoms with Crippen molar-refractivity contribution in [1.82, 2.24) is 10.2 Å². The number of carboxylic acid groups (broad SMARTS) is 1. The number of carbonyl (C=O) groups is 2. The molecule has 0 atom stereocenters. The van der Waals surface area contributed by atoms with Crippen LogP contribution in [-0.4, -0.2) is 35.1 Å². The lowest BCUT2D eigenvalue weighted by Crippen LogP contribution is -2.40. The van der Waals surface area contributed by atoms with Crippen LogP contribution in [0.2, 0.25) is 5.02 Å². The van der Waals surface area contributed by atoms with Gasteiger partial charge >= 0.3 is 12.0 Å². The lowest BCUT2D eigenvalue weighted by Gasteiger charge is -2.20. The predicted octanol–water partition coefficient (Wildman–Crippen LogP) is 2.35. The highest BCUT2D eigenvalue weighted by Crippen LogP contribution is 2.10. The van der Waals surface area contributed by atoms with E-state index < -0.39 is 5.97 Å². The third kappa shape index (κ3) is 5.61. The lowest BCUT2D eigenvalue weighted by atomic mass is 10.2. The van der Waals surface area contributed by atoms with Crippen molar-refractivity contribution in [3.8, 4) is 0 Å². The van der Waals surface area contributed by atoms with E-state index in [4.69, 9.17) is 16.7 Å². The Balaban J connectivity index is 2.46. The molecule has 0 radical (unpaired) electrons. The predicted molar refractivity (Wildman–Crippen MR) is 73.2 cm³/mol. The van der Waals surface area contributed by atoms with Gasteiger partial charge in [0.05, 0.1) is 6.42 Å². The van der Waals surface area contributed by atoms with Gasteiger partial charge in [-0.1, -0.05) is 23.7 Å².